The Labute approximate surface area is 160 Å². The molecule has 0 bridgehead atoms. The zero-order valence-electron chi connectivity index (χ0n) is 15.2. The molecule has 3 rings (SSSR count). The number of ether oxygens (including phenoxy) is 3. The van der Waals surface area contributed by atoms with Crippen molar-refractivity contribution in [2.45, 2.75) is 39.0 Å². The predicted octanol–water partition coefficient (Wildman–Crippen LogP) is 4.59. The summed E-state index contributed by atoms with van der Waals surface area (Å²) >= 11 is 6.03. The summed E-state index contributed by atoms with van der Waals surface area (Å²) in [5.41, 5.74) is 2.20. The van der Waals surface area contributed by atoms with Gasteiger partial charge in [-0.2, -0.15) is 0 Å². The molecule has 0 amide bonds. The second kappa shape index (κ2) is 9.81. The summed E-state index contributed by atoms with van der Waals surface area (Å²) in [5.74, 6) is 1.51. The van der Waals surface area contributed by atoms with Gasteiger partial charge in [0.15, 0.2) is 11.5 Å². The van der Waals surface area contributed by atoms with Crippen LogP contribution in [0.2, 0.25) is 5.02 Å². The van der Waals surface area contributed by atoms with Gasteiger partial charge < -0.3 is 19.5 Å². The van der Waals surface area contributed by atoms with Gasteiger partial charge in [-0.3, -0.25) is 0 Å². The van der Waals surface area contributed by atoms with Crippen LogP contribution in [0.1, 0.15) is 30.9 Å². The van der Waals surface area contributed by atoms with E-state index in [0.29, 0.717) is 24.3 Å². The summed E-state index contributed by atoms with van der Waals surface area (Å²) in [5, 5.41) is 4.17. The van der Waals surface area contributed by atoms with E-state index >= 15 is 0 Å². The lowest BCUT2D eigenvalue weighted by atomic mass is 10.2. The zero-order valence-corrected chi connectivity index (χ0v) is 15.9. The number of hydrogen-bond acceptors (Lipinski definition) is 4. The van der Waals surface area contributed by atoms with Gasteiger partial charge >= 0.3 is 0 Å². The molecule has 1 atom stereocenters. The van der Waals surface area contributed by atoms with Gasteiger partial charge in [-0.05, 0) is 55.2 Å². The molecule has 1 fully saturated rings. The van der Waals surface area contributed by atoms with E-state index in [9.17, 15) is 0 Å². The molecular weight excluding hydrogens is 350 g/mol. The Kier molecular flexibility index (Phi) is 7.18. The Bertz CT molecular complexity index is 701. The van der Waals surface area contributed by atoms with Gasteiger partial charge in [0.2, 0.25) is 0 Å². The van der Waals surface area contributed by atoms with Crippen molar-refractivity contribution in [2.24, 2.45) is 0 Å². The summed E-state index contributed by atoms with van der Waals surface area (Å²) in [7, 11) is 0. The van der Waals surface area contributed by atoms with E-state index in [1.165, 1.54) is 12.0 Å². The molecule has 140 valence electrons. The molecule has 2 aromatic carbocycles. The third kappa shape index (κ3) is 5.63. The first-order valence-corrected chi connectivity index (χ1v) is 9.57. The Balaban J connectivity index is 1.58. The summed E-state index contributed by atoms with van der Waals surface area (Å²) in [6, 6.07) is 13.8. The van der Waals surface area contributed by atoms with Crippen molar-refractivity contribution in [1.29, 1.82) is 0 Å². The molecule has 0 radical (unpaired) electrons. The van der Waals surface area contributed by atoms with Crippen LogP contribution in [-0.4, -0.2) is 25.9 Å². The first kappa shape index (κ1) is 19.0. The monoisotopic (exact) mass is 375 g/mol. The second-order valence-electron chi connectivity index (χ2n) is 6.40. The smallest absolute Gasteiger partial charge is 0.161 e. The first-order chi connectivity index (χ1) is 12.7. The zero-order chi connectivity index (χ0) is 18.2. The third-order valence-electron chi connectivity index (χ3n) is 4.32. The standard InChI is InChI=1S/C21H26ClNO3/c1-2-24-21-12-16(13-23-14-19-7-4-10-25-19)8-9-20(21)26-15-17-5-3-6-18(22)11-17/h3,5-6,8-9,11-12,19,23H,2,4,7,10,13-15H2,1H3/t19-/m1/s1. The molecule has 1 aliphatic rings. The minimum atomic E-state index is 0.349. The summed E-state index contributed by atoms with van der Waals surface area (Å²) in [6.07, 6.45) is 2.66. The Morgan fingerprint density at radius 3 is 2.81 bits per heavy atom. The van der Waals surface area contributed by atoms with Crippen molar-refractivity contribution in [3.8, 4) is 11.5 Å². The molecule has 0 unspecified atom stereocenters. The lowest BCUT2D eigenvalue weighted by Crippen LogP contribution is -2.25. The number of benzene rings is 2. The van der Waals surface area contributed by atoms with Crippen LogP contribution in [0, 0.1) is 0 Å². The van der Waals surface area contributed by atoms with Crippen LogP contribution in [0.25, 0.3) is 0 Å². The van der Waals surface area contributed by atoms with Gasteiger partial charge in [0.1, 0.15) is 6.61 Å². The molecule has 2 aromatic rings. The predicted molar refractivity (Wildman–Crippen MR) is 104 cm³/mol. The van der Waals surface area contributed by atoms with E-state index in [2.05, 4.69) is 11.4 Å². The summed E-state index contributed by atoms with van der Waals surface area (Å²) in [4.78, 5) is 0. The minimum Gasteiger partial charge on any atom is -0.490 e. The largest absolute Gasteiger partial charge is 0.490 e. The van der Waals surface area contributed by atoms with Crippen molar-refractivity contribution in [2.75, 3.05) is 19.8 Å². The summed E-state index contributed by atoms with van der Waals surface area (Å²) < 4.78 is 17.4. The highest BCUT2D eigenvalue weighted by molar-refractivity contribution is 6.30. The Morgan fingerprint density at radius 2 is 2.04 bits per heavy atom. The average molecular weight is 376 g/mol. The maximum atomic E-state index is 6.03. The molecule has 1 aliphatic heterocycles. The van der Waals surface area contributed by atoms with Gasteiger partial charge in [-0.25, -0.2) is 0 Å². The van der Waals surface area contributed by atoms with E-state index in [0.717, 1.165) is 43.2 Å². The highest BCUT2D eigenvalue weighted by Gasteiger charge is 2.14. The first-order valence-electron chi connectivity index (χ1n) is 9.20. The minimum absolute atomic E-state index is 0.349. The van der Waals surface area contributed by atoms with E-state index < -0.39 is 0 Å². The molecule has 5 heteroatoms. The third-order valence-corrected chi connectivity index (χ3v) is 4.55. The van der Waals surface area contributed by atoms with E-state index in [1.807, 2.05) is 43.3 Å². The fraction of sp³-hybridized carbons (Fsp3) is 0.429. The maximum absolute atomic E-state index is 6.03. The molecule has 4 nitrogen and oxygen atoms in total. The molecule has 0 saturated carbocycles. The second-order valence-corrected chi connectivity index (χ2v) is 6.84. The van der Waals surface area contributed by atoms with Crippen LogP contribution in [0.4, 0.5) is 0 Å². The quantitative estimate of drug-likeness (QED) is 0.696. The van der Waals surface area contributed by atoms with Crippen molar-refractivity contribution in [3.63, 3.8) is 0 Å². The normalized spacial score (nSPS) is 16.6. The van der Waals surface area contributed by atoms with Crippen LogP contribution >= 0.6 is 11.6 Å². The maximum Gasteiger partial charge on any atom is 0.161 e. The molecule has 1 saturated heterocycles. The molecular formula is C21H26ClNO3. The molecule has 0 spiro atoms. The van der Waals surface area contributed by atoms with Crippen LogP contribution in [-0.2, 0) is 17.9 Å². The number of hydrogen-bond donors (Lipinski definition) is 1. The number of rotatable bonds is 9. The average Bonchev–Trinajstić information content (AvgIpc) is 3.15. The molecule has 0 aromatic heterocycles. The number of nitrogens with one attached hydrogen (secondary N) is 1. The Morgan fingerprint density at radius 1 is 1.12 bits per heavy atom. The number of halogens is 1. The lowest BCUT2D eigenvalue weighted by molar-refractivity contribution is 0.110. The van der Waals surface area contributed by atoms with Crippen LogP contribution in [0.3, 0.4) is 0 Å². The van der Waals surface area contributed by atoms with Crippen molar-refractivity contribution in [3.05, 3.63) is 58.6 Å². The fourth-order valence-corrected chi connectivity index (χ4v) is 3.23. The molecule has 26 heavy (non-hydrogen) atoms. The van der Waals surface area contributed by atoms with Gasteiger partial charge in [0.05, 0.1) is 12.7 Å². The molecule has 1 heterocycles. The van der Waals surface area contributed by atoms with E-state index in [1.54, 1.807) is 0 Å². The van der Waals surface area contributed by atoms with Gasteiger partial charge in [0.25, 0.3) is 0 Å². The molecule has 1 N–H and O–H groups in total. The summed E-state index contributed by atoms with van der Waals surface area (Å²) in [6.45, 7) is 5.59. The fourth-order valence-electron chi connectivity index (χ4n) is 3.02. The van der Waals surface area contributed by atoms with E-state index in [-0.39, 0.29) is 0 Å². The lowest BCUT2D eigenvalue weighted by Gasteiger charge is -2.15. The van der Waals surface area contributed by atoms with Crippen LogP contribution < -0.4 is 14.8 Å². The highest BCUT2D eigenvalue weighted by atomic mass is 35.5. The SMILES string of the molecule is CCOc1cc(CNC[C@H]2CCCO2)ccc1OCc1cccc(Cl)c1. The van der Waals surface area contributed by atoms with Crippen LogP contribution in [0.15, 0.2) is 42.5 Å². The molecule has 0 aliphatic carbocycles. The van der Waals surface area contributed by atoms with E-state index in [4.69, 9.17) is 25.8 Å². The van der Waals surface area contributed by atoms with Gasteiger partial charge in [0, 0.05) is 24.7 Å². The van der Waals surface area contributed by atoms with Gasteiger partial charge in [-0.15, -0.1) is 0 Å². The van der Waals surface area contributed by atoms with Crippen molar-refractivity contribution < 1.29 is 14.2 Å². The van der Waals surface area contributed by atoms with Crippen LogP contribution in [0.5, 0.6) is 11.5 Å². The Hall–Kier alpha value is -1.75. The highest BCUT2D eigenvalue weighted by Crippen LogP contribution is 2.29. The topological polar surface area (TPSA) is 39.7 Å². The van der Waals surface area contributed by atoms with Crippen molar-refractivity contribution >= 4 is 11.6 Å². The van der Waals surface area contributed by atoms with Gasteiger partial charge in [-0.1, -0.05) is 29.8 Å². The van der Waals surface area contributed by atoms with Crippen molar-refractivity contribution in [1.82, 2.24) is 5.32 Å².